The van der Waals surface area contributed by atoms with Crippen LogP contribution in [0, 0.1) is 0 Å². The van der Waals surface area contributed by atoms with Gasteiger partial charge in [0.2, 0.25) is 0 Å². The standard InChI is InChI=1S/C12H14Br2O3/c13-8-5-6-10(14)9(7-8)11(15)3-1-2-4-12(16)17/h5-7,11,15H,1-4H2,(H,16,17). The Bertz CT molecular complexity index is 393. The maximum absolute atomic E-state index is 10.3. The molecule has 2 N–H and O–H groups in total. The molecule has 0 aliphatic carbocycles. The van der Waals surface area contributed by atoms with E-state index in [9.17, 15) is 9.90 Å². The molecule has 0 aromatic heterocycles. The zero-order chi connectivity index (χ0) is 12.8. The summed E-state index contributed by atoms with van der Waals surface area (Å²) in [5.41, 5.74) is 0.828. The van der Waals surface area contributed by atoms with Gasteiger partial charge in [-0.15, -0.1) is 0 Å². The maximum atomic E-state index is 10.3. The summed E-state index contributed by atoms with van der Waals surface area (Å²) in [5, 5.41) is 18.5. The number of carbonyl (C=O) groups is 1. The Morgan fingerprint density at radius 3 is 2.65 bits per heavy atom. The highest BCUT2D eigenvalue weighted by Gasteiger charge is 2.11. The zero-order valence-electron chi connectivity index (χ0n) is 9.20. The van der Waals surface area contributed by atoms with E-state index in [1.807, 2.05) is 18.2 Å². The first-order valence-electron chi connectivity index (χ1n) is 5.35. The summed E-state index contributed by atoms with van der Waals surface area (Å²) in [5.74, 6) is -0.789. The number of halogens is 2. The summed E-state index contributed by atoms with van der Waals surface area (Å²) in [4.78, 5) is 10.3. The quantitative estimate of drug-likeness (QED) is 0.752. The summed E-state index contributed by atoms with van der Waals surface area (Å²) < 4.78 is 1.78. The Morgan fingerprint density at radius 2 is 2.00 bits per heavy atom. The van der Waals surface area contributed by atoms with Crippen molar-refractivity contribution < 1.29 is 15.0 Å². The van der Waals surface area contributed by atoms with Gasteiger partial charge in [0.1, 0.15) is 0 Å². The molecule has 1 aromatic rings. The number of rotatable bonds is 6. The van der Waals surface area contributed by atoms with Gasteiger partial charge in [0.05, 0.1) is 6.10 Å². The molecule has 0 spiro atoms. The van der Waals surface area contributed by atoms with Crippen molar-refractivity contribution >= 4 is 37.8 Å². The van der Waals surface area contributed by atoms with Crippen molar-refractivity contribution in [3.8, 4) is 0 Å². The Morgan fingerprint density at radius 1 is 1.29 bits per heavy atom. The predicted octanol–water partition coefficient (Wildman–Crippen LogP) is 3.89. The van der Waals surface area contributed by atoms with E-state index >= 15 is 0 Å². The van der Waals surface area contributed by atoms with Crippen LogP contribution in [0.15, 0.2) is 27.1 Å². The summed E-state index contributed by atoms with van der Waals surface area (Å²) in [7, 11) is 0. The highest BCUT2D eigenvalue weighted by molar-refractivity contribution is 9.11. The predicted molar refractivity (Wildman–Crippen MR) is 72.9 cm³/mol. The van der Waals surface area contributed by atoms with E-state index < -0.39 is 12.1 Å². The van der Waals surface area contributed by atoms with Crippen LogP contribution < -0.4 is 0 Å². The van der Waals surface area contributed by atoms with Crippen molar-refractivity contribution in [3.05, 3.63) is 32.7 Å². The summed E-state index contributed by atoms with van der Waals surface area (Å²) in [6, 6.07) is 5.64. The molecule has 0 aliphatic rings. The zero-order valence-corrected chi connectivity index (χ0v) is 12.4. The minimum absolute atomic E-state index is 0.159. The van der Waals surface area contributed by atoms with Crippen molar-refractivity contribution in [2.24, 2.45) is 0 Å². The van der Waals surface area contributed by atoms with E-state index in [4.69, 9.17) is 5.11 Å². The number of unbranched alkanes of at least 4 members (excludes halogenated alkanes) is 1. The van der Waals surface area contributed by atoms with Crippen LogP contribution in [0.1, 0.15) is 37.4 Å². The van der Waals surface area contributed by atoms with E-state index in [2.05, 4.69) is 31.9 Å². The van der Waals surface area contributed by atoms with Crippen LogP contribution in [-0.2, 0) is 4.79 Å². The maximum Gasteiger partial charge on any atom is 0.303 e. The third-order valence-electron chi connectivity index (χ3n) is 2.44. The highest BCUT2D eigenvalue weighted by Crippen LogP contribution is 2.29. The molecule has 1 unspecified atom stereocenters. The number of hydrogen-bond donors (Lipinski definition) is 2. The van der Waals surface area contributed by atoms with Crippen molar-refractivity contribution in [1.82, 2.24) is 0 Å². The number of aliphatic hydroxyl groups excluding tert-OH is 1. The number of carboxylic acids is 1. The van der Waals surface area contributed by atoms with E-state index in [1.165, 1.54) is 0 Å². The molecule has 0 saturated heterocycles. The van der Waals surface area contributed by atoms with Crippen LogP contribution in [-0.4, -0.2) is 16.2 Å². The monoisotopic (exact) mass is 364 g/mol. The van der Waals surface area contributed by atoms with Gasteiger partial charge in [0.15, 0.2) is 0 Å². The fourth-order valence-corrected chi connectivity index (χ4v) is 2.43. The van der Waals surface area contributed by atoms with Crippen molar-refractivity contribution in [2.45, 2.75) is 31.8 Å². The lowest BCUT2D eigenvalue weighted by Crippen LogP contribution is -2.00. The third-order valence-corrected chi connectivity index (χ3v) is 3.65. The summed E-state index contributed by atoms with van der Waals surface area (Å²) in [6.07, 6.45) is 1.47. The van der Waals surface area contributed by atoms with Gasteiger partial charge in [0, 0.05) is 15.4 Å². The molecule has 1 atom stereocenters. The van der Waals surface area contributed by atoms with Gasteiger partial charge in [-0.1, -0.05) is 31.9 Å². The average molecular weight is 366 g/mol. The van der Waals surface area contributed by atoms with Crippen LogP contribution in [0.25, 0.3) is 0 Å². The van der Waals surface area contributed by atoms with Crippen LogP contribution in [0.3, 0.4) is 0 Å². The van der Waals surface area contributed by atoms with E-state index in [1.54, 1.807) is 0 Å². The molecule has 0 amide bonds. The highest BCUT2D eigenvalue weighted by atomic mass is 79.9. The fraction of sp³-hybridized carbons (Fsp3) is 0.417. The van der Waals surface area contributed by atoms with Crippen molar-refractivity contribution in [2.75, 3.05) is 0 Å². The first-order chi connectivity index (χ1) is 8.00. The lowest BCUT2D eigenvalue weighted by molar-refractivity contribution is -0.137. The Kier molecular flexibility index (Phi) is 6.16. The second kappa shape index (κ2) is 7.13. The number of aliphatic carboxylic acids is 1. The first-order valence-corrected chi connectivity index (χ1v) is 6.94. The Labute approximate surface area is 117 Å². The van der Waals surface area contributed by atoms with Crippen molar-refractivity contribution in [1.29, 1.82) is 0 Å². The minimum atomic E-state index is -0.789. The van der Waals surface area contributed by atoms with Gasteiger partial charge >= 0.3 is 5.97 Å². The molecule has 1 aromatic carbocycles. The van der Waals surface area contributed by atoms with Crippen LogP contribution >= 0.6 is 31.9 Å². The molecule has 0 radical (unpaired) electrons. The molecule has 5 heteroatoms. The smallest absolute Gasteiger partial charge is 0.303 e. The average Bonchev–Trinajstić information content (AvgIpc) is 2.27. The molecule has 0 aliphatic heterocycles. The summed E-state index contributed by atoms with van der Waals surface area (Å²) in [6.45, 7) is 0. The van der Waals surface area contributed by atoms with Crippen LogP contribution in [0.2, 0.25) is 0 Å². The number of benzene rings is 1. The molecule has 0 saturated carbocycles. The summed E-state index contributed by atoms with van der Waals surface area (Å²) >= 11 is 6.74. The lowest BCUT2D eigenvalue weighted by atomic mass is 10.0. The molecule has 17 heavy (non-hydrogen) atoms. The van der Waals surface area contributed by atoms with E-state index in [-0.39, 0.29) is 6.42 Å². The first kappa shape index (κ1) is 14.7. The normalized spacial score (nSPS) is 12.4. The Balaban J connectivity index is 2.49. The van der Waals surface area contributed by atoms with Gasteiger partial charge < -0.3 is 10.2 Å². The van der Waals surface area contributed by atoms with Gasteiger partial charge in [-0.05, 0) is 43.0 Å². The second-order valence-electron chi connectivity index (χ2n) is 3.82. The SMILES string of the molecule is O=C(O)CCCCC(O)c1cc(Br)ccc1Br. The fourth-order valence-electron chi connectivity index (χ4n) is 1.54. The molecular weight excluding hydrogens is 352 g/mol. The number of carboxylic acid groups (broad SMARTS) is 1. The third kappa shape index (κ3) is 5.19. The van der Waals surface area contributed by atoms with E-state index in [0.717, 1.165) is 14.5 Å². The van der Waals surface area contributed by atoms with E-state index in [0.29, 0.717) is 19.3 Å². The van der Waals surface area contributed by atoms with Crippen LogP contribution in [0.5, 0.6) is 0 Å². The molecule has 3 nitrogen and oxygen atoms in total. The molecule has 0 fully saturated rings. The second-order valence-corrected chi connectivity index (χ2v) is 5.59. The molecule has 1 rings (SSSR count). The van der Waals surface area contributed by atoms with Crippen LogP contribution in [0.4, 0.5) is 0 Å². The number of aliphatic hydroxyl groups is 1. The molecule has 94 valence electrons. The van der Waals surface area contributed by atoms with Gasteiger partial charge in [-0.3, -0.25) is 4.79 Å². The number of hydrogen-bond acceptors (Lipinski definition) is 2. The Hall–Kier alpha value is -0.390. The van der Waals surface area contributed by atoms with Gasteiger partial charge in [-0.2, -0.15) is 0 Å². The van der Waals surface area contributed by atoms with Gasteiger partial charge in [-0.25, -0.2) is 0 Å². The molecular formula is C12H14Br2O3. The molecule has 0 bridgehead atoms. The molecule has 0 heterocycles. The van der Waals surface area contributed by atoms with Crippen molar-refractivity contribution in [3.63, 3.8) is 0 Å². The topological polar surface area (TPSA) is 57.5 Å². The minimum Gasteiger partial charge on any atom is -0.481 e. The van der Waals surface area contributed by atoms with Gasteiger partial charge in [0.25, 0.3) is 0 Å². The lowest BCUT2D eigenvalue weighted by Gasteiger charge is -2.13. The largest absolute Gasteiger partial charge is 0.481 e.